The molecule has 4 rings (SSSR count). The van der Waals surface area contributed by atoms with Crippen LogP contribution >= 0.6 is 0 Å². The van der Waals surface area contributed by atoms with Gasteiger partial charge in [-0.2, -0.15) is 0 Å². The monoisotopic (exact) mass is 381 g/mol. The molecule has 148 valence electrons. The zero-order valence-corrected chi connectivity index (χ0v) is 16.5. The molecule has 2 aliphatic heterocycles. The molecule has 0 radical (unpaired) electrons. The van der Waals surface area contributed by atoms with Gasteiger partial charge in [0.2, 0.25) is 0 Å². The van der Waals surface area contributed by atoms with Crippen LogP contribution in [0.2, 0.25) is 0 Å². The van der Waals surface area contributed by atoms with Gasteiger partial charge in [-0.05, 0) is 51.0 Å². The van der Waals surface area contributed by atoms with Crippen molar-refractivity contribution in [3.8, 4) is 11.5 Å². The number of hydrogen-bond donors (Lipinski definition) is 1. The maximum absolute atomic E-state index is 12.9. The molecule has 2 aromatic rings. The Labute approximate surface area is 165 Å². The molecule has 1 atom stereocenters. The van der Waals surface area contributed by atoms with Gasteiger partial charge in [0.25, 0.3) is 5.91 Å². The number of nitrogens with zero attached hydrogens (tertiary/aromatic N) is 2. The van der Waals surface area contributed by atoms with Crippen molar-refractivity contribution in [1.29, 1.82) is 0 Å². The molecule has 0 saturated carbocycles. The largest absolute Gasteiger partial charge is 0.494 e. The molecule has 1 aromatic heterocycles. The van der Waals surface area contributed by atoms with Gasteiger partial charge in [0.15, 0.2) is 0 Å². The summed E-state index contributed by atoms with van der Waals surface area (Å²) in [5, 5.41) is 3.04. The number of fused-ring (bicyclic) bond motifs is 1. The summed E-state index contributed by atoms with van der Waals surface area (Å²) in [6.45, 7) is 6.89. The number of carbonyl (C=O) groups is 1. The quantitative estimate of drug-likeness (QED) is 0.832. The highest BCUT2D eigenvalue weighted by atomic mass is 16.5. The lowest BCUT2D eigenvalue weighted by atomic mass is 10.1. The van der Waals surface area contributed by atoms with Crippen molar-refractivity contribution < 1.29 is 14.3 Å². The van der Waals surface area contributed by atoms with Crippen molar-refractivity contribution in [3.63, 3.8) is 0 Å². The van der Waals surface area contributed by atoms with Crippen molar-refractivity contribution in [2.24, 2.45) is 0 Å². The van der Waals surface area contributed by atoms with Crippen molar-refractivity contribution in [2.75, 3.05) is 24.6 Å². The first kappa shape index (κ1) is 18.6. The van der Waals surface area contributed by atoms with Crippen molar-refractivity contribution in [1.82, 2.24) is 10.3 Å². The molecule has 6 nitrogen and oxygen atoms in total. The predicted molar refractivity (Wildman–Crippen MR) is 108 cm³/mol. The van der Waals surface area contributed by atoms with E-state index in [0.717, 1.165) is 60.8 Å². The van der Waals surface area contributed by atoms with E-state index in [9.17, 15) is 4.79 Å². The molecule has 6 heteroatoms. The molecular formula is C22H27N3O3. The molecule has 3 heterocycles. The molecule has 1 amide bonds. The van der Waals surface area contributed by atoms with Crippen LogP contribution in [0.25, 0.3) is 0 Å². The van der Waals surface area contributed by atoms with Crippen molar-refractivity contribution in [2.45, 2.75) is 45.8 Å². The second-order valence-corrected chi connectivity index (χ2v) is 7.38. The van der Waals surface area contributed by atoms with Crippen LogP contribution in [0, 0.1) is 0 Å². The highest BCUT2D eigenvalue weighted by molar-refractivity contribution is 5.98. The number of amides is 1. The maximum atomic E-state index is 12.9. The van der Waals surface area contributed by atoms with Gasteiger partial charge in [0.1, 0.15) is 23.4 Å². The Bertz CT molecular complexity index is 862. The molecule has 1 N–H and O–H groups in total. The summed E-state index contributed by atoms with van der Waals surface area (Å²) in [7, 11) is 0. The van der Waals surface area contributed by atoms with E-state index in [1.165, 1.54) is 0 Å². The van der Waals surface area contributed by atoms with E-state index in [1.807, 2.05) is 31.2 Å². The third-order valence-corrected chi connectivity index (χ3v) is 5.26. The van der Waals surface area contributed by atoms with E-state index >= 15 is 0 Å². The van der Waals surface area contributed by atoms with Crippen LogP contribution < -0.4 is 19.7 Å². The van der Waals surface area contributed by atoms with Crippen LogP contribution in [-0.2, 0) is 13.0 Å². The predicted octanol–water partition coefficient (Wildman–Crippen LogP) is 3.33. The number of rotatable bonds is 6. The summed E-state index contributed by atoms with van der Waals surface area (Å²) in [5.41, 5.74) is 2.71. The first-order valence-corrected chi connectivity index (χ1v) is 10.1. The topological polar surface area (TPSA) is 63.7 Å². The molecule has 1 aromatic carbocycles. The first-order valence-electron chi connectivity index (χ1n) is 10.1. The number of aromatic nitrogens is 1. The van der Waals surface area contributed by atoms with Crippen LogP contribution in [0.4, 0.5) is 5.82 Å². The van der Waals surface area contributed by atoms with Gasteiger partial charge in [-0.15, -0.1) is 0 Å². The molecule has 0 spiro atoms. The van der Waals surface area contributed by atoms with Gasteiger partial charge >= 0.3 is 0 Å². The van der Waals surface area contributed by atoms with Crippen LogP contribution in [0.3, 0.4) is 0 Å². The van der Waals surface area contributed by atoms with Gasteiger partial charge in [0.05, 0.1) is 12.2 Å². The van der Waals surface area contributed by atoms with Crippen molar-refractivity contribution in [3.05, 3.63) is 47.2 Å². The normalized spacial score (nSPS) is 17.9. The zero-order chi connectivity index (χ0) is 19.5. The number of carbonyl (C=O) groups excluding carboxylic acids is 1. The minimum absolute atomic E-state index is 0.118. The van der Waals surface area contributed by atoms with E-state index < -0.39 is 0 Å². The molecule has 0 bridgehead atoms. The summed E-state index contributed by atoms with van der Waals surface area (Å²) in [6, 6.07) is 7.69. The third kappa shape index (κ3) is 3.77. The maximum Gasteiger partial charge on any atom is 0.255 e. The van der Waals surface area contributed by atoms with Gasteiger partial charge in [0, 0.05) is 43.4 Å². The Morgan fingerprint density at radius 3 is 2.96 bits per heavy atom. The van der Waals surface area contributed by atoms with E-state index in [1.54, 1.807) is 6.20 Å². The highest BCUT2D eigenvalue weighted by Gasteiger charge is 2.23. The Morgan fingerprint density at radius 1 is 1.36 bits per heavy atom. The second-order valence-electron chi connectivity index (χ2n) is 7.38. The lowest BCUT2D eigenvalue weighted by Crippen LogP contribution is -2.28. The molecule has 0 aliphatic carbocycles. The van der Waals surface area contributed by atoms with Crippen LogP contribution in [0.5, 0.6) is 11.5 Å². The third-order valence-electron chi connectivity index (χ3n) is 5.26. The van der Waals surface area contributed by atoms with Crippen LogP contribution in [-0.4, -0.2) is 36.7 Å². The number of hydrogen-bond acceptors (Lipinski definition) is 5. The fourth-order valence-electron chi connectivity index (χ4n) is 3.94. The molecule has 1 fully saturated rings. The molecule has 1 saturated heterocycles. The number of benzene rings is 1. The fraction of sp³-hybridized carbons (Fsp3) is 0.455. The standard InChI is InChI=1S/C22H27N3O3/c1-3-27-19-12-16-11-15(2)28-20(16)13-17(19)14-24-22(26)18-7-6-8-23-21(18)25-9-4-5-10-25/h6-8,12-13,15H,3-5,9-11,14H2,1-2H3,(H,24,26)/t15-/m0/s1. The van der Waals surface area contributed by atoms with Gasteiger partial charge < -0.3 is 19.7 Å². The first-order chi connectivity index (χ1) is 13.7. The Morgan fingerprint density at radius 2 is 2.18 bits per heavy atom. The Hall–Kier alpha value is -2.76. The van der Waals surface area contributed by atoms with Gasteiger partial charge in [-0.1, -0.05) is 0 Å². The average Bonchev–Trinajstić information content (AvgIpc) is 3.35. The zero-order valence-electron chi connectivity index (χ0n) is 16.5. The Kier molecular flexibility index (Phi) is 5.37. The van der Waals surface area contributed by atoms with E-state index in [4.69, 9.17) is 9.47 Å². The second kappa shape index (κ2) is 8.09. The lowest BCUT2D eigenvalue weighted by Gasteiger charge is -2.19. The summed E-state index contributed by atoms with van der Waals surface area (Å²) >= 11 is 0. The van der Waals surface area contributed by atoms with E-state index in [2.05, 4.69) is 22.1 Å². The number of nitrogens with one attached hydrogen (secondary N) is 1. The SMILES string of the molecule is CCOc1cc2c(cc1CNC(=O)c1cccnc1N1CCCC1)O[C@@H](C)C2. The smallest absolute Gasteiger partial charge is 0.255 e. The number of anilines is 1. The van der Waals surface area contributed by atoms with E-state index in [0.29, 0.717) is 18.7 Å². The molecular weight excluding hydrogens is 354 g/mol. The minimum Gasteiger partial charge on any atom is -0.494 e. The number of ether oxygens (including phenoxy) is 2. The molecule has 0 unspecified atom stereocenters. The van der Waals surface area contributed by atoms with Crippen LogP contribution in [0.1, 0.15) is 48.2 Å². The van der Waals surface area contributed by atoms with E-state index in [-0.39, 0.29) is 12.0 Å². The van der Waals surface area contributed by atoms with Crippen molar-refractivity contribution >= 4 is 11.7 Å². The summed E-state index contributed by atoms with van der Waals surface area (Å²) < 4.78 is 11.7. The minimum atomic E-state index is -0.118. The van der Waals surface area contributed by atoms with Crippen LogP contribution in [0.15, 0.2) is 30.5 Å². The average molecular weight is 381 g/mol. The summed E-state index contributed by atoms with van der Waals surface area (Å²) in [5.74, 6) is 2.35. The molecule has 28 heavy (non-hydrogen) atoms. The number of pyridine rings is 1. The van der Waals surface area contributed by atoms with Gasteiger partial charge in [-0.3, -0.25) is 4.79 Å². The highest BCUT2D eigenvalue weighted by Crippen LogP contribution is 2.35. The lowest BCUT2D eigenvalue weighted by molar-refractivity contribution is 0.0950. The fourth-order valence-corrected chi connectivity index (χ4v) is 3.94. The van der Waals surface area contributed by atoms with Gasteiger partial charge in [-0.25, -0.2) is 4.98 Å². The Balaban J connectivity index is 1.52. The summed E-state index contributed by atoms with van der Waals surface area (Å²) in [6.07, 6.45) is 5.09. The summed E-state index contributed by atoms with van der Waals surface area (Å²) in [4.78, 5) is 19.5. The molecule has 2 aliphatic rings.